The number of anilines is 1. The zero-order valence-electron chi connectivity index (χ0n) is 13.6. The van der Waals surface area contributed by atoms with Crippen molar-refractivity contribution in [2.45, 2.75) is 13.3 Å². The molecule has 122 valence electrons. The fourth-order valence-electron chi connectivity index (χ4n) is 2.71. The standard InChI is InChI=1S/C19H18N2O3/c1-3-12-6-4-9-15-16(11-20-17(12)15)18(22)19(23)21-13-7-5-8-14(10-13)24-2/h4-11,20H,3H2,1-2H3,(H,21,23). The van der Waals surface area contributed by atoms with Crippen LogP contribution in [-0.2, 0) is 11.2 Å². The number of aromatic amines is 1. The van der Waals surface area contributed by atoms with Gasteiger partial charge in [0.2, 0.25) is 0 Å². The maximum atomic E-state index is 12.5. The Kier molecular flexibility index (Phi) is 4.33. The van der Waals surface area contributed by atoms with Gasteiger partial charge < -0.3 is 15.0 Å². The lowest BCUT2D eigenvalue weighted by atomic mass is 10.0. The lowest BCUT2D eigenvalue weighted by Gasteiger charge is -2.06. The second-order valence-electron chi connectivity index (χ2n) is 5.41. The summed E-state index contributed by atoms with van der Waals surface area (Å²) in [5, 5.41) is 3.38. The van der Waals surface area contributed by atoms with Crippen molar-refractivity contribution in [2.24, 2.45) is 0 Å². The van der Waals surface area contributed by atoms with E-state index in [1.54, 1.807) is 37.6 Å². The van der Waals surface area contributed by atoms with Crippen LogP contribution < -0.4 is 10.1 Å². The Morgan fingerprint density at radius 1 is 1.17 bits per heavy atom. The van der Waals surface area contributed by atoms with Crippen molar-refractivity contribution in [1.82, 2.24) is 4.98 Å². The van der Waals surface area contributed by atoms with E-state index < -0.39 is 11.7 Å². The van der Waals surface area contributed by atoms with E-state index in [2.05, 4.69) is 10.3 Å². The molecular formula is C19H18N2O3. The highest BCUT2D eigenvalue weighted by atomic mass is 16.5. The summed E-state index contributed by atoms with van der Waals surface area (Å²) in [6.07, 6.45) is 2.44. The van der Waals surface area contributed by atoms with Gasteiger partial charge in [-0.2, -0.15) is 0 Å². The number of aryl methyl sites for hydroxylation is 1. The summed E-state index contributed by atoms with van der Waals surface area (Å²) in [6.45, 7) is 2.05. The summed E-state index contributed by atoms with van der Waals surface area (Å²) < 4.78 is 5.11. The number of nitrogens with one attached hydrogen (secondary N) is 2. The van der Waals surface area contributed by atoms with Crippen LogP contribution in [-0.4, -0.2) is 23.8 Å². The van der Waals surface area contributed by atoms with Gasteiger partial charge in [0.25, 0.3) is 11.7 Å². The number of methoxy groups -OCH3 is 1. The summed E-state index contributed by atoms with van der Waals surface area (Å²) in [6, 6.07) is 12.6. The molecule has 0 aliphatic heterocycles. The lowest BCUT2D eigenvalue weighted by Crippen LogP contribution is -2.22. The van der Waals surface area contributed by atoms with E-state index in [4.69, 9.17) is 4.74 Å². The van der Waals surface area contributed by atoms with Gasteiger partial charge in [0, 0.05) is 28.9 Å². The number of H-pyrrole nitrogens is 1. The van der Waals surface area contributed by atoms with Gasteiger partial charge in [-0.05, 0) is 24.1 Å². The number of hydrogen-bond donors (Lipinski definition) is 2. The van der Waals surface area contributed by atoms with Crippen LogP contribution in [0.25, 0.3) is 10.9 Å². The van der Waals surface area contributed by atoms with E-state index in [1.807, 2.05) is 25.1 Å². The molecular weight excluding hydrogens is 304 g/mol. The van der Waals surface area contributed by atoms with Crippen molar-refractivity contribution >= 4 is 28.3 Å². The molecule has 2 N–H and O–H groups in total. The predicted molar refractivity (Wildman–Crippen MR) is 93.6 cm³/mol. The number of rotatable bonds is 5. The van der Waals surface area contributed by atoms with Crippen molar-refractivity contribution in [2.75, 3.05) is 12.4 Å². The highest BCUT2D eigenvalue weighted by molar-refractivity contribution is 6.48. The van der Waals surface area contributed by atoms with Crippen molar-refractivity contribution in [3.05, 3.63) is 59.8 Å². The molecule has 0 bridgehead atoms. The molecule has 0 fully saturated rings. The molecule has 1 aromatic heterocycles. The fraction of sp³-hybridized carbons (Fsp3) is 0.158. The quantitative estimate of drug-likeness (QED) is 0.557. The molecule has 3 rings (SSSR count). The predicted octanol–water partition coefficient (Wildman–Crippen LogP) is 3.56. The molecule has 0 aliphatic rings. The molecule has 1 amide bonds. The van der Waals surface area contributed by atoms with Crippen LogP contribution in [0.5, 0.6) is 5.75 Å². The molecule has 0 atom stereocenters. The van der Waals surface area contributed by atoms with Crippen molar-refractivity contribution in [3.8, 4) is 5.75 Å². The van der Waals surface area contributed by atoms with Gasteiger partial charge in [-0.1, -0.05) is 31.2 Å². The molecule has 3 aromatic rings. The number of Topliss-reactive ketones (excluding diaryl/α,β-unsaturated/α-hetero) is 1. The van der Waals surface area contributed by atoms with Crippen molar-refractivity contribution in [1.29, 1.82) is 0 Å². The Labute approximate surface area is 139 Å². The number of hydrogen-bond acceptors (Lipinski definition) is 3. The maximum Gasteiger partial charge on any atom is 0.296 e. The average Bonchev–Trinajstić information content (AvgIpc) is 3.05. The van der Waals surface area contributed by atoms with E-state index in [0.29, 0.717) is 17.0 Å². The van der Waals surface area contributed by atoms with E-state index in [0.717, 1.165) is 22.9 Å². The van der Waals surface area contributed by atoms with Crippen molar-refractivity contribution in [3.63, 3.8) is 0 Å². The van der Waals surface area contributed by atoms with Gasteiger partial charge in [0.1, 0.15) is 5.75 Å². The third-order valence-electron chi connectivity index (χ3n) is 3.96. The molecule has 0 radical (unpaired) electrons. The maximum absolute atomic E-state index is 12.5. The Morgan fingerprint density at radius 2 is 1.96 bits per heavy atom. The average molecular weight is 322 g/mol. The Morgan fingerprint density at radius 3 is 2.71 bits per heavy atom. The first-order chi connectivity index (χ1) is 11.6. The number of para-hydroxylation sites is 1. The molecule has 1 heterocycles. The first-order valence-electron chi connectivity index (χ1n) is 7.72. The fourth-order valence-corrected chi connectivity index (χ4v) is 2.71. The highest BCUT2D eigenvalue weighted by Gasteiger charge is 2.20. The second kappa shape index (κ2) is 6.58. The van der Waals surface area contributed by atoms with Gasteiger partial charge in [0.15, 0.2) is 0 Å². The second-order valence-corrected chi connectivity index (χ2v) is 5.41. The van der Waals surface area contributed by atoms with Crippen LogP contribution in [0, 0.1) is 0 Å². The zero-order valence-corrected chi connectivity index (χ0v) is 13.6. The third-order valence-corrected chi connectivity index (χ3v) is 3.96. The number of ketones is 1. The Balaban J connectivity index is 1.87. The first-order valence-corrected chi connectivity index (χ1v) is 7.72. The van der Waals surface area contributed by atoms with Crippen LogP contribution in [0.15, 0.2) is 48.7 Å². The third kappa shape index (κ3) is 2.88. The molecule has 0 spiro atoms. The topological polar surface area (TPSA) is 71.2 Å². The summed E-state index contributed by atoms with van der Waals surface area (Å²) in [7, 11) is 1.54. The smallest absolute Gasteiger partial charge is 0.296 e. The number of ether oxygens (including phenoxy) is 1. The van der Waals surface area contributed by atoms with Gasteiger partial charge in [-0.25, -0.2) is 0 Å². The van der Waals surface area contributed by atoms with E-state index >= 15 is 0 Å². The lowest BCUT2D eigenvalue weighted by molar-refractivity contribution is -0.112. The van der Waals surface area contributed by atoms with E-state index in [9.17, 15) is 9.59 Å². The van der Waals surface area contributed by atoms with E-state index in [-0.39, 0.29) is 0 Å². The normalized spacial score (nSPS) is 10.6. The summed E-state index contributed by atoms with van der Waals surface area (Å²) >= 11 is 0. The monoisotopic (exact) mass is 322 g/mol. The number of fused-ring (bicyclic) bond motifs is 1. The zero-order chi connectivity index (χ0) is 17.1. The minimum absolute atomic E-state index is 0.376. The SMILES string of the molecule is CCc1cccc2c(C(=O)C(=O)Nc3cccc(OC)c3)c[nH]c12. The van der Waals surface area contributed by atoms with Gasteiger partial charge in [-0.3, -0.25) is 9.59 Å². The van der Waals surface area contributed by atoms with Crippen LogP contribution >= 0.6 is 0 Å². The van der Waals surface area contributed by atoms with Gasteiger partial charge in [-0.15, -0.1) is 0 Å². The molecule has 24 heavy (non-hydrogen) atoms. The number of carbonyl (C=O) groups is 2. The number of carbonyl (C=O) groups excluding carboxylic acids is 2. The molecule has 0 aliphatic carbocycles. The number of benzene rings is 2. The van der Waals surface area contributed by atoms with Crippen LogP contribution in [0.2, 0.25) is 0 Å². The minimum atomic E-state index is -0.675. The molecule has 5 nitrogen and oxygen atoms in total. The van der Waals surface area contributed by atoms with Crippen LogP contribution in [0.1, 0.15) is 22.8 Å². The minimum Gasteiger partial charge on any atom is -0.497 e. The Hall–Kier alpha value is -3.08. The molecule has 0 saturated carbocycles. The van der Waals surface area contributed by atoms with Crippen LogP contribution in [0.4, 0.5) is 5.69 Å². The van der Waals surface area contributed by atoms with Gasteiger partial charge in [0.05, 0.1) is 12.7 Å². The first kappa shape index (κ1) is 15.8. The van der Waals surface area contributed by atoms with Crippen molar-refractivity contribution < 1.29 is 14.3 Å². The molecule has 5 heteroatoms. The summed E-state index contributed by atoms with van der Waals surface area (Å²) in [5.74, 6) is -0.636. The molecule has 0 saturated heterocycles. The molecule has 2 aromatic carbocycles. The number of aromatic nitrogens is 1. The highest BCUT2D eigenvalue weighted by Crippen LogP contribution is 2.23. The Bertz CT molecular complexity index is 912. The summed E-state index contributed by atoms with van der Waals surface area (Å²) in [5.41, 5.74) is 2.90. The van der Waals surface area contributed by atoms with Crippen LogP contribution in [0.3, 0.4) is 0 Å². The summed E-state index contributed by atoms with van der Waals surface area (Å²) in [4.78, 5) is 27.9. The van der Waals surface area contributed by atoms with E-state index in [1.165, 1.54) is 0 Å². The largest absolute Gasteiger partial charge is 0.497 e. The molecule has 0 unspecified atom stereocenters. The number of amides is 1. The van der Waals surface area contributed by atoms with Gasteiger partial charge >= 0.3 is 0 Å².